The maximum atomic E-state index is 12.9. The number of hydrogen-bond donors (Lipinski definition) is 1. The minimum absolute atomic E-state index is 0.221. The van der Waals surface area contributed by atoms with Crippen molar-refractivity contribution in [2.24, 2.45) is 0 Å². The molecule has 30 heavy (non-hydrogen) atoms. The Kier molecular flexibility index (Phi) is 4.93. The molecule has 4 aromatic rings. The molecule has 0 bridgehead atoms. The Bertz CT molecular complexity index is 1290. The molecule has 0 aliphatic heterocycles. The number of ether oxygens (including phenoxy) is 2. The average molecular weight is 405 g/mol. The first-order chi connectivity index (χ1) is 14.5. The highest BCUT2D eigenvalue weighted by Gasteiger charge is 2.18. The summed E-state index contributed by atoms with van der Waals surface area (Å²) >= 11 is 0. The molecule has 0 fully saturated rings. The van der Waals surface area contributed by atoms with Crippen LogP contribution in [0.5, 0.6) is 11.5 Å². The summed E-state index contributed by atoms with van der Waals surface area (Å²) in [5.74, 6) is 0.136. The van der Waals surface area contributed by atoms with Crippen LogP contribution in [0.25, 0.3) is 16.7 Å². The van der Waals surface area contributed by atoms with Crippen molar-refractivity contribution in [2.45, 2.75) is 6.92 Å². The van der Waals surface area contributed by atoms with Gasteiger partial charge in [0.15, 0.2) is 17.1 Å². The third-order valence-electron chi connectivity index (χ3n) is 4.64. The Balaban J connectivity index is 1.70. The molecule has 2 heterocycles. The quantitative estimate of drug-likeness (QED) is 0.547. The first-order valence-corrected chi connectivity index (χ1v) is 9.08. The lowest BCUT2D eigenvalue weighted by Gasteiger charge is -2.13. The van der Waals surface area contributed by atoms with E-state index >= 15 is 0 Å². The fourth-order valence-corrected chi connectivity index (χ4v) is 3.10. The summed E-state index contributed by atoms with van der Waals surface area (Å²) in [4.78, 5) is 29.9. The fraction of sp³-hybridized carbons (Fsp3) is 0.143. The Hall–Kier alpha value is -4.14. The predicted octanol–water partition coefficient (Wildman–Crippen LogP) is 2.29. The van der Waals surface area contributed by atoms with Crippen LogP contribution in [0.1, 0.15) is 15.9 Å². The molecule has 0 aliphatic carbocycles. The van der Waals surface area contributed by atoms with Gasteiger partial charge in [0.05, 0.1) is 31.7 Å². The molecule has 0 saturated carbocycles. The fourth-order valence-electron chi connectivity index (χ4n) is 3.10. The van der Waals surface area contributed by atoms with Crippen LogP contribution < -0.4 is 20.5 Å². The minimum Gasteiger partial charge on any atom is -0.493 e. The number of para-hydroxylation sites is 1. The molecule has 0 radical (unpaired) electrons. The normalized spacial score (nSPS) is 10.8. The zero-order valence-electron chi connectivity index (χ0n) is 16.6. The van der Waals surface area contributed by atoms with E-state index in [9.17, 15) is 9.59 Å². The van der Waals surface area contributed by atoms with Gasteiger partial charge in [-0.25, -0.2) is 14.3 Å². The van der Waals surface area contributed by atoms with E-state index in [4.69, 9.17) is 9.47 Å². The van der Waals surface area contributed by atoms with Crippen LogP contribution in [-0.4, -0.2) is 39.6 Å². The van der Waals surface area contributed by atoms with Gasteiger partial charge < -0.3 is 9.47 Å². The Morgan fingerprint density at radius 3 is 2.53 bits per heavy atom. The molecule has 0 saturated heterocycles. The number of rotatable bonds is 5. The molecular formula is C21H19N5O4. The van der Waals surface area contributed by atoms with Crippen LogP contribution >= 0.6 is 0 Å². The van der Waals surface area contributed by atoms with Crippen molar-refractivity contribution in [3.05, 3.63) is 76.5 Å². The second-order valence-electron chi connectivity index (χ2n) is 6.53. The van der Waals surface area contributed by atoms with E-state index in [2.05, 4.69) is 15.5 Å². The van der Waals surface area contributed by atoms with Crippen LogP contribution in [0.2, 0.25) is 0 Å². The number of fused-ring (bicyclic) bond motifs is 1. The number of nitrogens with one attached hydrogen (secondary N) is 1. The van der Waals surface area contributed by atoms with Crippen molar-refractivity contribution in [3.8, 4) is 17.2 Å². The third-order valence-corrected chi connectivity index (χ3v) is 4.64. The molecule has 2 aromatic carbocycles. The number of aryl methyl sites for hydroxylation is 1. The van der Waals surface area contributed by atoms with Crippen molar-refractivity contribution in [1.82, 2.24) is 19.4 Å². The molecule has 0 atom stereocenters. The second kappa shape index (κ2) is 7.70. The summed E-state index contributed by atoms with van der Waals surface area (Å²) in [6, 6.07) is 12.6. The Morgan fingerprint density at radius 1 is 1.07 bits per heavy atom. The monoisotopic (exact) mass is 405 g/mol. The lowest BCUT2D eigenvalue weighted by molar-refractivity contribution is 0.100. The number of hydrogen-bond acceptors (Lipinski definition) is 6. The number of amides is 1. The summed E-state index contributed by atoms with van der Waals surface area (Å²) in [7, 11) is 2.92. The molecule has 9 nitrogen and oxygen atoms in total. The van der Waals surface area contributed by atoms with Crippen molar-refractivity contribution >= 4 is 16.9 Å². The van der Waals surface area contributed by atoms with E-state index in [1.54, 1.807) is 22.9 Å². The Morgan fingerprint density at radius 2 is 1.83 bits per heavy atom. The molecule has 1 amide bonds. The van der Waals surface area contributed by atoms with Gasteiger partial charge in [-0.1, -0.05) is 23.8 Å². The lowest BCUT2D eigenvalue weighted by atomic mass is 10.2. The van der Waals surface area contributed by atoms with Gasteiger partial charge >= 0.3 is 0 Å². The highest BCUT2D eigenvalue weighted by Crippen LogP contribution is 2.30. The number of carbonyl (C=O) groups is 1. The van der Waals surface area contributed by atoms with Gasteiger partial charge in [0, 0.05) is 0 Å². The van der Waals surface area contributed by atoms with Gasteiger partial charge in [0.2, 0.25) is 0 Å². The summed E-state index contributed by atoms with van der Waals surface area (Å²) in [6.07, 6.45) is 2.68. The first-order valence-electron chi connectivity index (χ1n) is 9.08. The zero-order chi connectivity index (χ0) is 21.3. The summed E-state index contributed by atoms with van der Waals surface area (Å²) in [5, 5.41) is 4.55. The number of benzene rings is 2. The van der Waals surface area contributed by atoms with Crippen LogP contribution in [0.15, 0.2) is 59.8 Å². The third kappa shape index (κ3) is 3.26. The average Bonchev–Trinajstić information content (AvgIpc) is 3.20. The maximum absolute atomic E-state index is 12.9. The lowest BCUT2D eigenvalue weighted by Crippen LogP contribution is -2.33. The molecule has 0 unspecified atom stereocenters. The van der Waals surface area contributed by atoms with Gasteiger partial charge in [0.25, 0.3) is 11.5 Å². The predicted molar refractivity (Wildman–Crippen MR) is 111 cm³/mol. The van der Waals surface area contributed by atoms with E-state index in [1.165, 1.54) is 26.7 Å². The molecule has 2 aromatic heterocycles. The second-order valence-corrected chi connectivity index (χ2v) is 6.53. The summed E-state index contributed by atoms with van der Waals surface area (Å²) in [6.45, 7) is 1.99. The van der Waals surface area contributed by atoms with E-state index in [0.29, 0.717) is 11.4 Å². The number of methoxy groups -OCH3 is 2. The number of nitrogens with zero attached hydrogens (tertiary/aromatic N) is 4. The van der Waals surface area contributed by atoms with Crippen LogP contribution in [0, 0.1) is 6.92 Å². The van der Waals surface area contributed by atoms with Gasteiger partial charge in [-0.15, -0.1) is 0 Å². The molecular weight excluding hydrogens is 386 g/mol. The number of aromatic nitrogens is 4. The number of carbonyl (C=O) groups excluding carboxylic acids is 1. The van der Waals surface area contributed by atoms with E-state index in [1.807, 2.05) is 31.2 Å². The standard InChI is InChI=1S/C21H19N5O4/c1-13-7-9-14(10-8-13)26-19-16(11-23-26)21(28)25(12-22-19)24-20(27)15-5-4-6-17(29-2)18(15)30-3/h4-12H,1-3H3,(H,24,27). The van der Waals surface area contributed by atoms with Crippen molar-refractivity contribution < 1.29 is 14.3 Å². The summed E-state index contributed by atoms with van der Waals surface area (Å²) in [5.41, 5.74) is 4.59. The van der Waals surface area contributed by atoms with Crippen LogP contribution in [0.4, 0.5) is 0 Å². The first kappa shape index (κ1) is 19.2. The SMILES string of the molecule is COc1cccc(C(=O)Nn2cnc3c(cnn3-c3ccc(C)cc3)c2=O)c1OC. The highest BCUT2D eigenvalue weighted by atomic mass is 16.5. The molecule has 9 heteroatoms. The largest absolute Gasteiger partial charge is 0.493 e. The molecule has 4 rings (SSSR count). The van der Waals surface area contributed by atoms with Crippen molar-refractivity contribution in [3.63, 3.8) is 0 Å². The minimum atomic E-state index is -0.542. The topological polar surface area (TPSA) is 100 Å². The molecule has 152 valence electrons. The zero-order valence-corrected chi connectivity index (χ0v) is 16.6. The summed E-state index contributed by atoms with van der Waals surface area (Å²) < 4.78 is 13.1. The Labute approximate surface area is 171 Å². The van der Waals surface area contributed by atoms with Gasteiger partial charge in [-0.2, -0.15) is 5.10 Å². The van der Waals surface area contributed by atoms with Crippen LogP contribution in [-0.2, 0) is 0 Å². The van der Waals surface area contributed by atoms with Crippen molar-refractivity contribution in [1.29, 1.82) is 0 Å². The van der Waals surface area contributed by atoms with E-state index in [-0.39, 0.29) is 16.7 Å². The van der Waals surface area contributed by atoms with E-state index < -0.39 is 11.5 Å². The molecule has 1 N–H and O–H groups in total. The molecule has 0 spiro atoms. The van der Waals surface area contributed by atoms with Crippen LogP contribution in [0.3, 0.4) is 0 Å². The maximum Gasteiger partial charge on any atom is 0.283 e. The highest BCUT2D eigenvalue weighted by molar-refractivity contribution is 6.03. The smallest absolute Gasteiger partial charge is 0.283 e. The van der Waals surface area contributed by atoms with Gasteiger partial charge in [0.1, 0.15) is 11.7 Å². The molecule has 0 aliphatic rings. The van der Waals surface area contributed by atoms with Crippen molar-refractivity contribution in [2.75, 3.05) is 19.6 Å². The van der Waals surface area contributed by atoms with Gasteiger partial charge in [-0.05, 0) is 31.2 Å². The van der Waals surface area contributed by atoms with E-state index in [0.717, 1.165) is 15.9 Å². The van der Waals surface area contributed by atoms with Gasteiger partial charge in [-0.3, -0.25) is 15.0 Å².